The second-order valence-corrected chi connectivity index (χ2v) is 6.18. The van der Waals surface area contributed by atoms with Crippen molar-refractivity contribution in [3.05, 3.63) is 83.0 Å². The van der Waals surface area contributed by atoms with Crippen molar-refractivity contribution in [3.8, 4) is 0 Å². The molecule has 0 bridgehead atoms. The van der Waals surface area contributed by atoms with Crippen LogP contribution in [-0.2, 0) is 15.3 Å². The van der Waals surface area contributed by atoms with Gasteiger partial charge in [-0.2, -0.15) is 0 Å². The molecule has 0 aliphatic carbocycles. The first kappa shape index (κ1) is 15.9. The number of aromatic nitrogens is 1. The van der Waals surface area contributed by atoms with Gasteiger partial charge in [-0.25, -0.2) is 0 Å². The van der Waals surface area contributed by atoms with Crippen molar-refractivity contribution in [3.63, 3.8) is 0 Å². The first-order chi connectivity index (χ1) is 12.2. The molecule has 1 unspecified atom stereocenters. The van der Waals surface area contributed by atoms with E-state index in [9.17, 15) is 0 Å². The largest absolute Gasteiger partial charge is 0.368 e. The molecule has 128 valence electrons. The Labute approximate surface area is 146 Å². The lowest BCUT2D eigenvalue weighted by Crippen LogP contribution is -2.28. The summed E-state index contributed by atoms with van der Waals surface area (Å²) < 4.78 is 17.2. The molecule has 2 N–H and O–H groups in total. The van der Waals surface area contributed by atoms with Crippen LogP contribution in [0.2, 0.25) is 0 Å². The number of hydrogen-bond acceptors (Lipinski definition) is 5. The highest BCUT2D eigenvalue weighted by molar-refractivity contribution is 5.40. The number of rotatable bonds is 4. The Kier molecular flexibility index (Phi) is 4.03. The predicted octanol–water partition coefficient (Wildman–Crippen LogP) is 3.66. The second kappa shape index (κ2) is 6.35. The zero-order chi connectivity index (χ0) is 17.3. The summed E-state index contributed by atoms with van der Waals surface area (Å²) in [5.74, 6) is -0.490. The number of ether oxygens (including phenoxy) is 2. The summed E-state index contributed by atoms with van der Waals surface area (Å²) in [6, 6.07) is 20.0. The van der Waals surface area contributed by atoms with E-state index in [2.05, 4.69) is 24.2 Å². The van der Waals surface area contributed by atoms with E-state index in [0.717, 1.165) is 22.4 Å². The molecule has 1 fully saturated rings. The molecule has 1 aromatic heterocycles. The van der Waals surface area contributed by atoms with Crippen molar-refractivity contribution < 1.29 is 14.0 Å². The fraction of sp³-hybridized carbons (Fsp3) is 0.250. The molecule has 1 aliphatic rings. The summed E-state index contributed by atoms with van der Waals surface area (Å²) in [4.78, 5) is 0. The minimum Gasteiger partial charge on any atom is -0.368 e. The Morgan fingerprint density at radius 3 is 2.36 bits per heavy atom. The topological polar surface area (TPSA) is 70.5 Å². The number of hydrogen-bond donors (Lipinski definition) is 1. The van der Waals surface area contributed by atoms with Crippen LogP contribution in [0.1, 0.15) is 35.2 Å². The molecule has 0 amide bonds. The first-order valence-corrected chi connectivity index (χ1v) is 8.35. The SMILES string of the molecule is CC(c1cccc(C2(c3ccccc3)OCCO2)c1)c1cc(N)on1. The lowest BCUT2D eigenvalue weighted by molar-refractivity contribution is -0.129. The van der Waals surface area contributed by atoms with E-state index >= 15 is 0 Å². The molecule has 1 atom stereocenters. The molecule has 4 rings (SSSR count). The quantitative estimate of drug-likeness (QED) is 0.787. The van der Waals surface area contributed by atoms with Gasteiger partial charge in [-0.1, -0.05) is 60.6 Å². The Balaban J connectivity index is 1.75. The van der Waals surface area contributed by atoms with Gasteiger partial charge in [0.05, 0.1) is 18.9 Å². The summed E-state index contributed by atoms with van der Waals surface area (Å²) in [5.41, 5.74) is 9.51. The van der Waals surface area contributed by atoms with Gasteiger partial charge in [0.15, 0.2) is 0 Å². The number of benzene rings is 2. The number of nitrogens with two attached hydrogens (primary N) is 1. The van der Waals surface area contributed by atoms with Gasteiger partial charge >= 0.3 is 0 Å². The number of anilines is 1. The fourth-order valence-electron chi connectivity index (χ4n) is 3.26. The standard InChI is InChI=1S/C20H20N2O3/c1-14(18-13-19(21)25-22-18)15-6-5-9-17(12-15)20(23-10-11-24-20)16-7-3-2-4-8-16/h2-9,12-14H,10-11,21H2,1H3. The van der Waals surface area contributed by atoms with Gasteiger partial charge in [0, 0.05) is 23.1 Å². The Morgan fingerprint density at radius 1 is 0.960 bits per heavy atom. The molecule has 5 heteroatoms. The third-order valence-electron chi connectivity index (χ3n) is 4.60. The van der Waals surface area contributed by atoms with Gasteiger partial charge in [0.1, 0.15) is 0 Å². The zero-order valence-electron chi connectivity index (χ0n) is 14.0. The van der Waals surface area contributed by atoms with E-state index in [1.807, 2.05) is 42.5 Å². The molecule has 1 aliphatic heterocycles. The van der Waals surface area contributed by atoms with Crippen molar-refractivity contribution >= 4 is 5.88 Å². The third-order valence-corrected chi connectivity index (χ3v) is 4.60. The van der Waals surface area contributed by atoms with Crippen LogP contribution in [0.25, 0.3) is 0 Å². The molecule has 1 saturated heterocycles. The molecular weight excluding hydrogens is 316 g/mol. The third kappa shape index (κ3) is 2.81. The minimum atomic E-state index is -0.861. The van der Waals surface area contributed by atoms with Crippen molar-refractivity contribution in [1.82, 2.24) is 5.16 Å². The normalized spacial score (nSPS) is 17.5. The van der Waals surface area contributed by atoms with Crippen LogP contribution in [0, 0.1) is 0 Å². The van der Waals surface area contributed by atoms with E-state index in [1.165, 1.54) is 0 Å². The lowest BCUT2D eigenvalue weighted by atomic mass is 9.91. The number of nitrogen functional groups attached to an aromatic ring is 1. The average Bonchev–Trinajstić information content (AvgIpc) is 3.32. The van der Waals surface area contributed by atoms with Gasteiger partial charge in [0.2, 0.25) is 11.7 Å². The van der Waals surface area contributed by atoms with Crippen molar-refractivity contribution in [2.45, 2.75) is 18.6 Å². The maximum absolute atomic E-state index is 6.08. The monoisotopic (exact) mass is 336 g/mol. The van der Waals surface area contributed by atoms with Crippen LogP contribution < -0.4 is 5.73 Å². The van der Waals surface area contributed by atoms with Crippen LogP contribution in [0.4, 0.5) is 5.88 Å². The Hall–Kier alpha value is -2.63. The number of nitrogens with zero attached hydrogens (tertiary/aromatic N) is 1. The molecule has 0 saturated carbocycles. The highest BCUT2D eigenvalue weighted by Crippen LogP contribution is 2.39. The van der Waals surface area contributed by atoms with E-state index in [1.54, 1.807) is 6.07 Å². The van der Waals surface area contributed by atoms with Crippen LogP contribution in [0.5, 0.6) is 0 Å². The van der Waals surface area contributed by atoms with Crippen LogP contribution in [0.15, 0.2) is 65.2 Å². The zero-order valence-corrected chi connectivity index (χ0v) is 14.0. The predicted molar refractivity (Wildman–Crippen MR) is 94.0 cm³/mol. The lowest BCUT2D eigenvalue weighted by Gasteiger charge is -2.29. The van der Waals surface area contributed by atoms with E-state index in [-0.39, 0.29) is 5.92 Å². The summed E-state index contributed by atoms with van der Waals surface area (Å²) in [6.07, 6.45) is 0. The average molecular weight is 336 g/mol. The van der Waals surface area contributed by atoms with Crippen molar-refractivity contribution in [2.24, 2.45) is 0 Å². The van der Waals surface area contributed by atoms with E-state index in [0.29, 0.717) is 19.1 Å². The van der Waals surface area contributed by atoms with Gasteiger partial charge in [-0.3, -0.25) is 0 Å². The molecule has 2 heterocycles. The fourth-order valence-corrected chi connectivity index (χ4v) is 3.26. The van der Waals surface area contributed by atoms with E-state index < -0.39 is 5.79 Å². The Bertz CT molecular complexity index is 854. The van der Waals surface area contributed by atoms with Crippen LogP contribution in [-0.4, -0.2) is 18.4 Å². The highest BCUT2D eigenvalue weighted by atomic mass is 16.7. The van der Waals surface area contributed by atoms with Gasteiger partial charge in [0.25, 0.3) is 0 Å². The maximum Gasteiger partial charge on any atom is 0.222 e. The van der Waals surface area contributed by atoms with E-state index in [4.69, 9.17) is 19.7 Å². The minimum absolute atomic E-state index is 0.0511. The molecule has 0 radical (unpaired) electrons. The maximum atomic E-state index is 6.08. The van der Waals surface area contributed by atoms with Crippen molar-refractivity contribution in [1.29, 1.82) is 0 Å². The van der Waals surface area contributed by atoms with Gasteiger partial charge in [-0.15, -0.1) is 0 Å². The molecule has 25 heavy (non-hydrogen) atoms. The van der Waals surface area contributed by atoms with Gasteiger partial charge in [-0.05, 0) is 11.6 Å². The summed E-state index contributed by atoms with van der Waals surface area (Å²) in [7, 11) is 0. The second-order valence-electron chi connectivity index (χ2n) is 6.18. The van der Waals surface area contributed by atoms with Crippen molar-refractivity contribution in [2.75, 3.05) is 18.9 Å². The molecule has 0 spiro atoms. The van der Waals surface area contributed by atoms with Crippen LogP contribution in [0.3, 0.4) is 0 Å². The molecule has 2 aromatic carbocycles. The van der Waals surface area contributed by atoms with Gasteiger partial charge < -0.3 is 19.7 Å². The van der Waals surface area contributed by atoms with Crippen LogP contribution >= 0.6 is 0 Å². The summed E-state index contributed by atoms with van der Waals surface area (Å²) in [6.45, 7) is 3.20. The first-order valence-electron chi connectivity index (χ1n) is 8.35. The summed E-state index contributed by atoms with van der Waals surface area (Å²) in [5, 5.41) is 4.03. The molecule has 3 aromatic rings. The molecular formula is C20H20N2O3. The smallest absolute Gasteiger partial charge is 0.222 e. The Morgan fingerprint density at radius 2 is 1.68 bits per heavy atom. The molecule has 5 nitrogen and oxygen atoms in total. The summed E-state index contributed by atoms with van der Waals surface area (Å²) >= 11 is 0. The highest BCUT2D eigenvalue weighted by Gasteiger charge is 2.40.